The zero-order valence-electron chi connectivity index (χ0n) is 25.2. The maximum atomic E-state index is 13.8. The number of para-hydroxylation sites is 1. The minimum atomic E-state index is -0.319. The number of halogens is 2. The number of rotatable bonds is 10. The Balaban J connectivity index is 1.60. The van der Waals surface area contributed by atoms with E-state index < -0.39 is 0 Å². The lowest BCUT2D eigenvalue weighted by Crippen LogP contribution is -2.21. The fourth-order valence-electron chi connectivity index (χ4n) is 4.94. The van der Waals surface area contributed by atoms with E-state index in [9.17, 15) is 9.18 Å². The number of nitrogens with zero attached hydrogens (tertiary/aromatic N) is 3. The zero-order valence-corrected chi connectivity index (χ0v) is 27.4. The Morgan fingerprint density at radius 1 is 1.02 bits per heavy atom. The van der Waals surface area contributed by atoms with Crippen LogP contribution in [0.1, 0.15) is 48.9 Å². The number of aromatic nitrogens is 2. The van der Waals surface area contributed by atoms with Crippen LogP contribution in [0.3, 0.4) is 0 Å². The van der Waals surface area contributed by atoms with Crippen molar-refractivity contribution in [3.8, 4) is 28.6 Å². The average Bonchev–Trinajstić information content (AvgIpc) is 3.00. The largest absolute Gasteiger partial charge is 0.496 e. The van der Waals surface area contributed by atoms with Crippen molar-refractivity contribution < 1.29 is 18.6 Å². The van der Waals surface area contributed by atoms with Gasteiger partial charge < -0.3 is 14.2 Å². The van der Waals surface area contributed by atoms with E-state index >= 15 is 0 Å². The molecule has 226 valence electrons. The number of hydrogen-bond donors (Lipinski definition) is 0. The van der Waals surface area contributed by atoms with E-state index in [2.05, 4.69) is 41.5 Å². The summed E-state index contributed by atoms with van der Waals surface area (Å²) in [5.74, 6) is 2.16. The van der Waals surface area contributed by atoms with Gasteiger partial charge in [0.2, 0.25) is 0 Å². The quantitative estimate of drug-likeness (QED) is 0.109. The summed E-state index contributed by atoms with van der Waals surface area (Å²) in [5.41, 5.74) is 4.43. The molecule has 5 aromatic rings. The van der Waals surface area contributed by atoms with Gasteiger partial charge in [0.25, 0.3) is 5.56 Å². The van der Waals surface area contributed by atoms with Crippen LogP contribution in [0.25, 0.3) is 22.3 Å². The summed E-state index contributed by atoms with van der Waals surface area (Å²) in [5, 5.41) is 5.15. The second-order valence-electron chi connectivity index (χ2n) is 10.6. The van der Waals surface area contributed by atoms with Crippen LogP contribution < -0.4 is 19.8 Å². The van der Waals surface area contributed by atoms with Crippen molar-refractivity contribution in [2.75, 3.05) is 13.7 Å². The molecular formula is C35H33FIN3O4. The van der Waals surface area contributed by atoms with Crippen LogP contribution in [-0.4, -0.2) is 29.6 Å². The number of fused-ring (bicyclic) bond motifs is 1. The van der Waals surface area contributed by atoms with Gasteiger partial charge in [-0.2, -0.15) is 9.78 Å². The minimum Gasteiger partial charge on any atom is -0.496 e. The van der Waals surface area contributed by atoms with Crippen molar-refractivity contribution in [3.63, 3.8) is 0 Å². The number of hydrogen-bond acceptors (Lipinski definition) is 6. The predicted octanol–water partition coefficient (Wildman–Crippen LogP) is 8.11. The highest BCUT2D eigenvalue weighted by Crippen LogP contribution is 2.36. The van der Waals surface area contributed by atoms with Gasteiger partial charge in [-0.3, -0.25) is 4.79 Å². The summed E-state index contributed by atoms with van der Waals surface area (Å²) in [6.07, 6.45) is 1.62. The van der Waals surface area contributed by atoms with E-state index in [-0.39, 0.29) is 23.9 Å². The molecule has 0 bridgehead atoms. The van der Waals surface area contributed by atoms with E-state index in [1.54, 1.807) is 31.5 Å². The molecule has 0 amide bonds. The molecular weight excluding hydrogens is 672 g/mol. The second-order valence-corrected chi connectivity index (χ2v) is 11.7. The number of ether oxygens (including phenoxy) is 3. The fraction of sp³-hybridized carbons (Fsp3) is 0.229. The van der Waals surface area contributed by atoms with Crippen molar-refractivity contribution >= 4 is 39.7 Å². The van der Waals surface area contributed by atoms with Gasteiger partial charge in [-0.25, -0.2) is 9.37 Å². The topological polar surface area (TPSA) is 74.9 Å². The number of methoxy groups -OCH3 is 1. The Morgan fingerprint density at radius 2 is 1.82 bits per heavy atom. The Kier molecular flexibility index (Phi) is 9.63. The SMILES string of the molecule is CCOc1cc(C=Nn2c(-c3cc(C(C)C)c(OC)cc3C)nc3ccccc3c2=O)cc(I)c1OCc1cccc(F)c1. The first-order valence-electron chi connectivity index (χ1n) is 14.3. The maximum Gasteiger partial charge on any atom is 0.282 e. The van der Waals surface area contributed by atoms with Gasteiger partial charge in [0.15, 0.2) is 17.3 Å². The molecule has 0 N–H and O–H groups in total. The van der Waals surface area contributed by atoms with Crippen LogP contribution in [0, 0.1) is 16.3 Å². The lowest BCUT2D eigenvalue weighted by Gasteiger charge is -2.17. The Morgan fingerprint density at radius 3 is 2.55 bits per heavy atom. The molecule has 7 nitrogen and oxygen atoms in total. The van der Waals surface area contributed by atoms with Crippen LogP contribution in [0.2, 0.25) is 0 Å². The van der Waals surface area contributed by atoms with E-state index in [4.69, 9.17) is 19.2 Å². The molecule has 44 heavy (non-hydrogen) atoms. The van der Waals surface area contributed by atoms with Gasteiger partial charge in [0.05, 0.1) is 34.4 Å². The van der Waals surface area contributed by atoms with Crippen molar-refractivity contribution in [1.82, 2.24) is 9.66 Å². The summed E-state index contributed by atoms with van der Waals surface area (Å²) in [7, 11) is 1.66. The molecule has 0 saturated carbocycles. The van der Waals surface area contributed by atoms with Crippen LogP contribution in [0.15, 0.2) is 82.7 Å². The van der Waals surface area contributed by atoms with Crippen molar-refractivity contribution in [3.05, 3.63) is 115 Å². The molecule has 0 aliphatic heterocycles. The van der Waals surface area contributed by atoms with Gasteiger partial charge in [-0.1, -0.05) is 38.1 Å². The molecule has 0 radical (unpaired) electrons. The summed E-state index contributed by atoms with van der Waals surface area (Å²) < 4.78 is 33.4. The first-order chi connectivity index (χ1) is 21.2. The van der Waals surface area contributed by atoms with Gasteiger partial charge in [-0.05, 0) is 113 Å². The van der Waals surface area contributed by atoms with E-state index in [0.29, 0.717) is 46.0 Å². The summed E-state index contributed by atoms with van der Waals surface area (Å²) in [6, 6.07) is 21.3. The molecule has 4 aromatic carbocycles. The molecule has 0 unspecified atom stereocenters. The Bertz CT molecular complexity index is 1920. The number of aryl methyl sites for hydroxylation is 1. The van der Waals surface area contributed by atoms with Gasteiger partial charge in [0, 0.05) is 5.56 Å². The molecule has 0 spiro atoms. The molecule has 5 rings (SSSR count). The highest BCUT2D eigenvalue weighted by molar-refractivity contribution is 14.1. The van der Waals surface area contributed by atoms with E-state index in [1.165, 1.54) is 16.8 Å². The van der Waals surface area contributed by atoms with Crippen molar-refractivity contribution in [1.29, 1.82) is 0 Å². The summed E-state index contributed by atoms with van der Waals surface area (Å²) in [6.45, 7) is 8.65. The smallest absolute Gasteiger partial charge is 0.282 e. The molecule has 0 aliphatic rings. The maximum absolute atomic E-state index is 13.8. The van der Waals surface area contributed by atoms with E-state index in [1.807, 2.05) is 56.3 Å². The van der Waals surface area contributed by atoms with Crippen LogP contribution in [0.5, 0.6) is 17.2 Å². The number of benzene rings is 4. The molecule has 0 saturated heterocycles. The lowest BCUT2D eigenvalue weighted by atomic mass is 9.96. The molecule has 1 heterocycles. The van der Waals surface area contributed by atoms with Crippen LogP contribution >= 0.6 is 22.6 Å². The summed E-state index contributed by atoms with van der Waals surface area (Å²) >= 11 is 2.18. The predicted molar refractivity (Wildman–Crippen MR) is 181 cm³/mol. The zero-order chi connectivity index (χ0) is 31.4. The van der Waals surface area contributed by atoms with Gasteiger partial charge in [0.1, 0.15) is 18.2 Å². The van der Waals surface area contributed by atoms with Gasteiger partial charge >= 0.3 is 0 Å². The van der Waals surface area contributed by atoms with Crippen molar-refractivity contribution in [2.45, 2.75) is 40.2 Å². The average molecular weight is 706 g/mol. The molecule has 1 aromatic heterocycles. The standard InChI is InChI=1S/C35H33FIN3O4/c1-6-43-32-17-24(16-29(37)33(32)44-20-23-10-9-11-25(36)15-23)19-38-40-34(39-30-13-8-7-12-26(30)35(40)41)28-18-27(21(2)3)31(42-5)14-22(28)4/h7-19,21H,6,20H2,1-5H3. The minimum absolute atomic E-state index is 0.183. The normalized spacial score (nSPS) is 11.5. The highest BCUT2D eigenvalue weighted by Gasteiger charge is 2.19. The third-order valence-electron chi connectivity index (χ3n) is 7.12. The molecule has 0 aliphatic carbocycles. The highest BCUT2D eigenvalue weighted by atomic mass is 127. The molecule has 0 atom stereocenters. The molecule has 0 fully saturated rings. The van der Waals surface area contributed by atoms with Crippen molar-refractivity contribution in [2.24, 2.45) is 5.10 Å². The molecule has 9 heteroatoms. The first-order valence-corrected chi connectivity index (χ1v) is 15.4. The van der Waals surface area contributed by atoms with E-state index in [0.717, 1.165) is 26.0 Å². The third-order valence-corrected chi connectivity index (χ3v) is 7.92. The Labute approximate surface area is 269 Å². The van der Waals surface area contributed by atoms with Crippen LogP contribution in [-0.2, 0) is 6.61 Å². The lowest BCUT2D eigenvalue weighted by molar-refractivity contribution is 0.267. The monoisotopic (exact) mass is 705 g/mol. The van der Waals surface area contributed by atoms with Gasteiger partial charge in [-0.15, -0.1) is 0 Å². The van der Waals surface area contributed by atoms with Crippen LogP contribution in [0.4, 0.5) is 4.39 Å². The Hall–Kier alpha value is -4.25. The first kappa shape index (κ1) is 31.2. The summed E-state index contributed by atoms with van der Waals surface area (Å²) in [4.78, 5) is 18.8. The second kappa shape index (κ2) is 13.6. The fourth-order valence-corrected chi connectivity index (χ4v) is 5.73. The third kappa shape index (κ3) is 6.62.